The zero-order chi connectivity index (χ0) is 42.0. The van der Waals surface area contributed by atoms with Gasteiger partial charge in [-0.15, -0.1) is 22.7 Å². The number of rotatable bonds is 8. The van der Waals surface area contributed by atoms with E-state index >= 15 is 0 Å². The van der Waals surface area contributed by atoms with E-state index in [1.54, 1.807) is 4.90 Å². The molecule has 5 heterocycles. The number of likely N-dealkylation sites (N-methyl/N-ethyl adjacent to an activating group) is 1. The Labute approximate surface area is 355 Å². The lowest BCUT2D eigenvalue weighted by molar-refractivity contribution is -0.139. The van der Waals surface area contributed by atoms with Crippen molar-refractivity contribution in [3.8, 4) is 38.1 Å². The summed E-state index contributed by atoms with van der Waals surface area (Å²) in [6.07, 6.45) is 0. The number of fused-ring (bicyclic) bond motifs is 12. The van der Waals surface area contributed by atoms with Gasteiger partial charge in [0.25, 0.3) is 0 Å². The van der Waals surface area contributed by atoms with Crippen LogP contribution in [-0.4, -0.2) is 55.9 Å². The van der Waals surface area contributed by atoms with E-state index in [0.717, 1.165) is 44.1 Å². The molecule has 5 aromatic carbocycles. The van der Waals surface area contributed by atoms with Gasteiger partial charge in [0.15, 0.2) is 12.1 Å². The molecule has 302 valence electrons. The Hall–Kier alpha value is -6.17. The van der Waals surface area contributed by atoms with E-state index in [-0.39, 0.29) is 23.4 Å². The summed E-state index contributed by atoms with van der Waals surface area (Å²) in [6, 6.07) is 31.8. The van der Waals surface area contributed by atoms with Crippen LogP contribution in [0, 0.1) is 0 Å². The summed E-state index contributed by atoms with van der Waals surface area (Å²) in [5.41, 5.74) is 8.37. The standard InChI is InChI=1S/C49H43N3O6S2/c1-8-52(24-41(53)54)33-18-17-26(19-38(33)57-25-42(55)56)43-31-20-29-34(50(6)48(2,3)44-27-13-9-11-15-39(27)59-46(29)44)22-36(31)58-37-23-35-30(21-32(37)43)47-45(49(4,5)51(35)7)28-14-10-12-16-40(28)60-47/h9-23H,8,24-25H2,1-7H3,(H-,53,54,55,56)/p+1. The Bertz CT molecular complexity index is 3160. The van der Waals surface area contributed by atoms with Gasteiger partial charge in [0.2, 0.25) is 5.36 Å². The number of carboxylic acids is 2. The zero-order valence-electron chi connectivity index (χ0n) is 34.5. The maximum absolute atomic E-state index is 12.0. The van der Waals surface area contributed by atoms with Gasteiger partial charge in [0.1, 0.15) is 30.8 Å². The molecule has 3 aliphatic heterocycles. The fraction of sp³-hybridized carbons (Fsp3) is 0.245. The summed E-state index contributed by atoms with van der Waals surface area (Å²) in [4.78, 5) is 30.3. The summed E-state index contributed by atoms with van der Waals surface area (Å²) < 4.78 is 17.9. The maximum atomic E-state index is 12.0. The zero-order valence-corrected chi connectivity index (χ0v) is 36.1. The van der Waals surface area contributed by atoms with Crippen LogP contribution in [-0.2, 0) is 20.7 Å². The van der Waals surface area contributed by atoms with Gasteiger partial charge < -0.3 is 29.5 Å². The first kappa shape index (κ1) is 38.1. The SMILES string of the molecule is CCN(CC(=O)O)c1ccc(C2=c3cc4c(cc3Oc3cc5c(cc32)-c2sc3ccccc3c2C(C)(C)N5C)=[N+](C)C(C)(C)c2c-4sc3ccccc23)cc1OCC(=O)O. The Kier molecular flexibility index (Phi) is 8.51. The average molecular weight is 835 g/mol. The molecule has 0 unspecified atom stereocenters. The topological polar surface area (TPSA) is 103 Å². The van der Waals surface area contributed by atoms with Crippen LogP contribution in [0.2, 0.25) is 0 Å². The molecule has 2 aromatic heterocycles. The number of carboxylic acid groups (broad SMARTS) is 2. The molecule has 7 aromatic rings. The Morgan fingerprint density at radius 2 is 1.47 bits per heavy atom. The maximum Gasteiger partial charge on any atom is 0.341 e. The highest BCUT2D eigenvalue weighted by atomic mass is 32.1. The summed E-state index contributed by atoms with van der Waals surface area (Å²) in [6.45, 7) is 10.5. The molecule has 0 fully saturated rings. The van der Waals surface area contributed by atoms with Crippen LogP contribution < -0.4 is 34.4 Å². The van der Waals surface area contributed by atoms with Crippen molar-refractivity contribution in [3.63, 3.8) is 0 Å². The minimum atomic E-state index is -1.13. The fourth-order valence-corrected chi connectivity index (χ4v) is 12.3. The largest absolute Gasteiger partial charge is 0.480 e. The third kappa shape index (κ3) is 5.51. The second kappa shape index (κ2) is 13.4. The third-order valence-electron chi connectivity index (χ3n) is 12.9. The molecule has 0 atom stereocenters. The van der Waals surface area contributed by atoms with Crippen LogP contribution in [0.1, 0.15) is 56.9 Å². The molecule has 0 amide bonds. The molecule has 2 N–H and O–H groups in total. The van der Waals surface area contributed by atoms with Crippen molar-refractivity contribution < 1.29 is 29.3 Å². The smallest absolute Gasteiger partial charge is 0.341 e. The summed E-state index contributed by atoms with van der Waals surface area (Å²) in [5, 5.41) is 24.0. The Balaban J connectivity index is 1.30. The summed E-state index contributed by atoms with van der Waals surface area (Å²) >= 11 is 3.61. The molecule has 3 aliphatic rings. The van der Waals surface area contributed by atoms with Crippen molar-refractivity contribution in [3.05, 3.63) is 124 Å². The number of carbonyl (C=O) groups is 2. The number of aliphatic carboxylic acids is 2. The summed E-state index contributed by atoms with van der Waals surface area (Å²) in [7, 11) is 4.30. The highest BCUT2D eigenvalue weighted by Crippen LogP contribution is 2.56. The van der Waals surface area contributed by atoms with Gasteiger partial charge in [-0.3, -0.25) is 4.79 Å². The van der Waals surface area contributed by atoms with Crippen LogP contribution in [0.15, 0.2) is 91.0 Å². The van der Waals surface area contributed by atoms with E-state index in [0.29, 0.717) is 23.7 Å². The van der Waals surface area contributed by atoms with E-state index in [4.69, 9.17) is 9.47 Å². The minimum Gasteiger partial charge on any atom is -0.480 e. The molecule has 11 heteroatoms. The molecule has 0 saturated carbocycles. The van der Waals surface area contributed by atoms with Gasteiger partial charge >= 0.3 is 11.9 Å². The second-order valence-corrected chi connectivity index (χ2v) is 18.9. The highest BCUT2D eigenvalue weighted by Gasteiger charge is 2.43. The van der Waals surface area contributed by atoms with Crippen LogP contribution in [0.4, 0.5) is 11.4 Å². The van der Waals surface area contributed by atoms with E-state index < -0.39 is 18.5 Å². The van der Waals surface area contributed by atoms with Gasteiger partial charge in [0.05, 0.1) is 27.7 Å². The normalized spacial score (nSPS) is 15.3. The number of hydrogen-bond donors (Lipinski definition) is 2. The van der Waals surface area contributed by atoms with Gasteiger partial charge in [-0.05, 0) is 68.1 Å². The highest BCUT2D eigenvalue weighted by molar-refractivity contribution is 7.23. The van der Waals surface area contributed by atoms with Crippen molar-refractivity contribution >= 4 is 71.7 Å². The Morgan fingerprint density at radius 3 is 2.13 bits per heavy atom. The van der Waals surface area contributed by atoms with Crippen molar-refractivity contribution in [1.29, 1.82) is 0 Å². The van der Waals surface area contributed by atoms with E-state index in [9.17, 15) is 19.8 Å². The predicted molar refractivity (Wildman–Crippen MR) is 242 cm³/mol. The molecule has 0 spiro atoms. The van der Waals surface area contributed by atoms with Crippen LogP contribution in [0.25, 0.3) is 46.6 Å². The molecule has 0 bridgehead atoms. The molecular weight excluding hydrogens is 791 g/mol. The van der Waals surface area contributed by atoms with E-state index in [2.05, 4.69) is 124 Å². The fourth-order valence-electron chi connectivity index (χ4n) is 9.53. The van der Waals surface area contributed by atoms with Crippen molar-refractivity contribution in [2.24, 2.45) is 0 Å². The number of ether oxygens (including phenoxy) is 2. The third-order valence-corrected chi connectivity index (χ3v) is 15.3. The molecule has 60 heavy (non-hydrogen) atoms. The van der Waals surface area contributed by atoms with Crippen LogP contribution in [0.5, 0.6) is 17.2 Å². The van der Waals surface area contributed by atoms with Gasteiger partial charge in [0, 0.05) is 91.9 Å². The molecular formula is C49H44N3O6S2+. The first-order valence-electron chi connectivity index (χ1n) is 20.1. The average Bonchev–Trinajstić information content (AvgIpc) is 3.82. The lowest BCUT2D eigenvalue weighted by Gasteiger charge is -2.43. The second-order valence-electron chi connectivity index (χ2n) is 16.8. The number of hydrogen-bond acceptors (Lipinski definition) is 8. The predicted octanol–water partition coefficient (Wildman–Crippen LogP) is 9.23. The first-order valence-corrected chi connectivity index (χ1v) is 21.7. The Morgan fingerprint density at radius 1 is 0.800 bits per heavy atom. The monoisotopic (exact) mass is 834 g/mol. The van der Waals surface area contributed by atoms with Crippen molar-refractivity contribution in [2.45, 2.75) is 45.7 Å². The van der Waals surface area contributed by atoms with E-state index in [1.807, 2.05) is 47.8 Å². The molecule has 0 saturated heterocycles. The number of thiophene rings is 2. The molecule has 0 aliphatic carbocycles. The molecule has 10 rings (SSSR count). The first-order chi connectivity index (χ1) is 28.7. The molecule has 0 radical (unpaired) electrons. The number of nitrogens with zero attached hydrogens (tertiary/aromatic N) is 3. The summed E-state index contributed by atoms with van der Waals surface area (Å²) in [5.74, 6) is -0.414. The van der Waals surface area contributed by atoms with Crippen molar-refractivity contribution in [1.82, 2.24) is 4.58 Å². The van der Waals surface area contributed by atoms with Crippen molar-refractivity contribution in [2.75, 3.05) is 43.6 Å². The lowest BCUT2D eigenvalue weighted by atomic mass is 9.81. The minimum absolute atomic E-state index is 0.267. The van der Waals surface area contributed by atoms with E-state index in [1.165, 1.54) is 41.1 Å². The van der Waals surface area contributed by atoms with Gasteiger partial charge in [-0.2, -0.15) is 0 Å². The van der Waals surface area contributed by atoms with Gasteiger partial charge in [-0.1, -0.05) is 42.5 Å². The van der Waals surface area contributed by atoms with Crippen LogP contribution in [0.3, 0.4) is 0 Å². The quantitative estimate of drug-likeness (QED) is 0.146. The lowest BCUT2D eigenvalue weighted by Crippen LogP contribution is -2.46. The van der Waals surface area contributed by atoms with Gasteiger partial charge in [-0.25, -0.2) is 9.37 Å². The molecule has 9 nitrogen and oxygen atoms in total. The number of benzene rings is 5. The number of anilines is 2. The van der Waals surface area contributed by atoms with Crippen LogP contribution >= 0.6 is 22.7 Å².